The van der Waals surface area contributed by atoms with Gasteiger partial charge >= 0.3 is 30.2 Å². The highest BCUT2D eigenvalue weighted by atomic mass is 35.5. The van der Waals surface area contributed by atoms with Crippen molar-refractivity contribution in [3.8, 4) is 11.5 Å². The number of aliphatic hydroxyl groups is 4. The molecule has 69 heavy (non-hydrogen) atoms. The number of nitrogens with zero attached hydrogens (tertiary/aromatic N) is 2. The average molecular weight is 1030 g/mol. The predicted molar refractivity (Wildman–Crippen MR) is 222 cm³/mol. The molecule has 0 saturated carbocycles. The van der Waals surface area contributed by atoms with Gasteiger partial charge in [-0.1, -0.05) is 37.0 Å². The number of nitro benzene ring substituents is 2. The van der Waals surface area contributed by atoms with E-state index in [4.69, 9.17) is 85.2 Å². The van der Waals surface area contributed by atoms with Gasteiger partial charge in [-0.3, -0.25) is 34.6 Å². The van der Waals surface area contributed by atoms with Crippen molar-refractivity contribution in [3.05, 3.63) is 66.7 Å². The summed E-state index contributed by atoms with van der Waals surface area (Å²) in [6.45, 7) is 6.62. The summed E-state index contributed by atoms with van der Waals surface area (Å²) < 4.78 is 62.6. The van der Waals surface area contributed by atoms with Gasteiger partial charge in [0.15, 0.2) is 12.2 Å². The maximum absolute atomic E-state index is 11.6. The van der Waals surface area contributed by atoms with Crippen LogP contribution in [0.15, 0.2) is 36.4 Å². The van der Waals surface area contributed by atoms with Crippen molar-refractivity contribution >= 4 is 64.8 Å². The summed E-state index contributed by atoms with van der Waals surface area (Å²) in [7, 11) is 0. The molecule has 0 aliphatic carbocycles. The first-order chi connectivity index (χ1) is 32.5. The highest BCUT2D eigenvalue weighted by Crippen LogP contribution is 2.39. The minimum absolute atomic E-state index is 0.00949. The van der Waals surface area contributed by atoms with E-state index in [1.807, 2.05) is 0 Å². The van der Waals surface area contributed by atoms with Crippen LogP contribution in [0.2, 0.25) is 10.0 Å². The Hall–Kier alpha value is -5.91. The molecule has 2 aromatic rings. The zero-order valence-corrected chi connectivity index (χ0v) is 38.3. The topological polar surface area (TPSA) is 363 Å². The molecule has 29 heteroatoms. The number of non-ortho nitro benzene ring substituents is 2. The van der Waals surface area contributed by atoms with Crippen LogP contribution in [0.5, 0.6) is 11.5 Å². The fourth-order valence-electron chi connectivity index (χ4n) is 7.12. The Balaban J connectivity index is 0.000000196. The van der Waals surface area contributed by atoms with Gasteiger partial charge in [-0.25, -0.2) is 9.59 Å². The van der Waals surface area contributed by atoms with Crippen LogP contribution in [0.3, 0.4) is 0 Å². The quantitative estimate of drug-likeness (QED) is 0.102. The monoisotopic (exact) mass is 1020 g/mol. The molecule has 5 saturated heterocycles. The van der Waals surface area contributed by atoms with Crippen LogP contribution in [-0.4, -0.2) is 160 Å². The van der Waals surface area contributed by atoms with Gasteiger partial charge < -0.3 is 77.3 Å². The molecule has 5 fully saturated rings. The van der Waals surface area contributed by atoms with E-state index in [0.29, 0.717) is 0 Å². The van der Waals surface area contributed by atoms with E-state index in [1.54, 1.807) is 13.8 Å². The number of nitro groups is 2. The summed E-state index contributed by atoms with van der Waals surface area (Å²) in [5.41, 5.74) is -0.446. The average Bonchev–Trinajstić information content (AvgIpc) is 3.89. The van der Waals surface area contributed by atoms with E-state index in [9.17, 15) is 59.5 Å². The molecule has 0 radical (unpaired) electrons. The number of benzene rings is 2. The number of rotatable bonds is 12. The standard InChI is InChI=1S/C16H16ClNO9.C12H14ClNO8.C12H16O8/c1-7-12(6-23-8(2)19)25-15(14-13(7)26-16(20)27-14)24-11-4-3-9(18(21)22)5-10(11)17;13-6-3-5(14(19)20)1-2-7(6)21-12-11(18)10(17)9(16)8(4-15)22-12;1-5-8(4-16-6(2)13)18-11(17-7(3)14)10-9(5)19-12(15)20-10/h3-5,7,12-15H,6H2,1-2H3;1-3,8-12,15-18H,4H2;5,8-11H,4H2,1-3H3/t7-,12?,13+,14?,15-;8?,9-,10+,11?,12-;5-,8?,9+,10?,11?/m111/s1. The Labute approximate surface area is 399 Å². The summed E-state index contributed by atoms with van der Waals surface area (Å²) in [6, 6.07) is 7.08. The third kappa shape index (κ3) is 13.7. The molecule has 4 N–H and O–H groups in total. The summed E-state index contributed by atoms with van der Waals surface area (Å²) in [6.07, 6.45) is -15.2. The molecular formula is C40H46Cl2N2O25. The second-order valence-corrected chi connectivity index (χ2v) is 16.3. The zero-order chi connectivity index (χ0) is 51.0. The smallest absolute Gasteiger partial charge is 0.463 e. The Morgan fingerprint density at radius 3 is 1.42 bits per heavy atom. The van der Waals surface area contributed by atoms with Crippen LogP contribution >= 0.6 is 23.2 Å². The Morgan fingerprint density at radius 1 is 0.609 bits per heavy atom. The molecule has 7 unspecified atom stereocenters. The Morgan fingerprint density at radius 2 is 1.01 bits per heavy atom. The zero-order valence-electron chi connectivity index (χ0n) is 36.8. The molecule has 0 bridgehead atoms. The first-order valence-corrected chi connectivity index (χ1v) is 21.3. The van der Waals surface area contributed by atoms with E-state index in [1.165, 1.54) is 39.0 Å². The lowest BCUT2D eigenvalue weighted by molar-refractivity contribution is -0.385. The van der Waals surface area contributed by atoms with Crippen LogP contribution in [0, 0.1) is 32.1 Å². The van der Waals surface area contributed by atoms with E-state index in [0.717, 1.165) is 18.2 Å². The van der Waals surface area contributed by atoms with E-state index in [-0.39, 0.29) is 58.0 Å². The molecular weight excluding hydrogens is 979 g/mol. The highest BCUT2D eigenvalue weighted by molar-refractivity contribution is 6.32. The van der Waals surface area contributed by atoms with Crippen molar-refractivity contribution in [2.45, 2.75) is 115 Å². The lowest BCUT2D eigenvalue weighted by atomic mass is 9.91. The molecule has 5 heterocycles. The normalized spacial score (nSPS) is 31.9. The molecule has 27 nitrogen and oxygen atoms in total. The molecule has 0 aromatic heterocycles. The highest BCUT2D eigenvalue weighted by Gasteiger charge is 2.55. The van der Waals surface area contributed by atoms with E-state index >= 15 is 0 Å². The van der Waals surface area contributed by atoms with Crippen molar-refractivity contribution in [1.29, 1.82) is 0 Å². The van der Waals surface area contributed by atoms with Crippen molar-refractivity contribution in [3.63, 3.8) is 0 Å². The summed E-state index contributed by atoms with van der Waals surface area (Å²) in [4.78, 5) is 76.0. The lowest BCUT2D eigenvalue weighted by Crippen LogP contribution is -2.60. The number of carbonyl (C=O) groups excluding carboxylic acids is 5. The van der Waals surface area contributed by atoms with Crippen LogP contribution < -0.4 is 9.47 Å². The van der Waals surface area contributed by atoms with Crippen molar-refractivity contribution in [1.82, 2.24) is 0 Å². The second-order valence-electron chi connectivity index (χ2n) is 15.5. The number of hydrogen-bond acceptors (Lipinski definition) is 25. The SMILES string of the molecule is CC(=O)OCC1OC(OC(C)=O)C2OC(=O)O[C@H]2[C@@H]1C.CC(=O)OCC1O[C@@H](Oc2ccc([N+](=O)[O-])cc2Cl)C2OC(=O)O[C@H]2[C@@H]1C.O=[N+]([O-])c1ccc(O[C@@H]2OC(CO)[C@@H](O)[C@H](O)C2O)c(Cl)c1. The third-order valence-electron chi connectivity index (χ3n) is 10.7. The van der Waals surface area contributed by atoms with Crippen molar-refractivity contribution < 1.29 is 111 Å². The van der Waals surface area contributed by atoms with Gasteiger partial charge in [-0.05, 0) is 12.1 Å². The van der Waals surface area contributed by atoms with E-state index < -0.39 is 127 Å². The van der Waals surface area contributed by atoms with Gasteiger partial charge in [0.1, 0.15) is 61.3 Å². The number of hydrogen-bond donors (Lipinski definition) is 4. The van der Waals surface area contributed by atoms with Crippen LogP contribution in [0.1, 0.15) is 34.6 Å². The van der Waals surface area contributed by atoms with Gasteiger partial charge in [0, 0.05) is 56.9 Å². The number of carbonyl (C=O) groups is 5. The predicted octanol–water partition coefficient (Wildman–Crippen LogP) is 2.26. The number of ether oxygens (including phenoxy) is 12. The molecule has 0 amide bonds. The van der Waals surface area contributed by atoms with E-state index in [2.05, 4.69) is 0 Å². The van der Waals surface area contributed by atoms with Gasteiger partial charge in [-0.15, -0.1) is 0 Å². The number of aliphatic hydroxyl groups excluding tert-OH is 4. The number of halogens is 2. The van der Waals surface area contributed by atoms with Crippen molar-refractivity contribution in [2.75, 3.05) is 19.8 Å². The molecule has 380 valence electrons. The van der Waals surface area contributed by atoms with Gasteiger partial charge in [-0.2, -0.15) is 0 Å². The molecule has 7 rings (SSSR count). The van der Waals surface area contributed by atoms with Gasteiger partial charge in [0.25, 0.3) is 11.4 Å². The lowest BCUT2D eigenvalue weighted by Gasteiger charge is -2.39. The minimum Gasteiger partial charge on any atom is -0.463 e. The molecule has 5 aliphatic rings. The maximum Gasteiger partial charge on any atom is 0.509 e. The van der Waals surface area contributed by atoms with Crippen LogP contribution in [0.4, 0.5) is 21.0 Å². The summed E-state index contributed by atoms with van der Waals surface area (Å²) in [5.74, 6) is -2.01. The summed E-state index contributed by atoms with van der Waals surface area (Å²) in [5, 5.41) is 59.5. The molecule has 15 atom stereocenters. The Kier molecular flexibility index (Phi) is 18.5. The number of fused-ring (bicyclic) bond motifs is 2. The second kappa shape index (κ2) is 23.6. The van der Waals surface area contributed by atoms with Gasteiger partial charge in [0.05, 0.1) is 26.5 Å². The number of esters is 3. The van der Waals surface area contributed by atoms with Gasteiger partial charge in [0.2, 0.25) is 31.1 Å². The maximum atomic E-state index is 11.6. The van der Waals surface area contributed by atoms with Crippen LogP contribution in [0.25, 0.3) is 0 Å². The fourth-order valence-corrected chi connectivity index (χ4v) is 7.56. The minimum atomic E-state index is -1.59. The van der Waals surface area contributed by atoms with Crippen LogP contribution in [-0.2, 0) is 61.8 Å². The first-order valence-electron chi connectivity index (χ1n) is 20.5. The van der Waals surface area contributed by atoms with Crippen molar-refractivity contribution in [2.24, 2.45) is 11.8 Å². The largest absolute Gasteiger partial charge is 0.509 e. The first kappa shape index (κ1) is 54.0. The molecule has 0 spiro atoms. The summed E-state index contributed by atoms with van der Waals surface area (Å²) >= 11 is 11.9. The fraction of sp³-hybridized carbons (Fsp3) is 0.575. The Bertz CT molecular complexity index is 2220. The third-order valence-corrected chi connectivity index (χ3v) is 11.3. The molecule has 5 aliphatic heterocycles. The molecule has 2 aromatic carbocycles.